The molecule has 110 valence electrons. The Balaban J connectivity index is 2.17. The zero-order chi connectivity index (χ0) is 14.5. The third kappa shape index (κ3) is 3.79. The van der Waals surface area contributed by atoms with Crippen molar-refractivity contribution in [2.24, 2.45) is 5.73 Å². The molecule has 4 heteroatoms. The summed E-state index contributed by atoms with van der Waals surface area (Å²) >= 11 is 0. The molecule has 20 heavy (non-hydrogen) atoms. The van der Waals surface area contributed by atoms with Gasteiger partial charge in [0.1, 0.15) is 11.9 Å². The van der Waals surface area contributed by atoms with Crippen molar-refractivity contribution in [3.05, 3.63) is 35.1 Å². The summed E-state index contributed by atoms with van der Waals surface area (Å²) < 4.78 is 14.0. The van der Waals surface area contributed by atoms with Crippen LogP contribution in [0.5, 0.6) is 0 Å². The molecule has 0 aromatic heterocycles. The minimum absolute atomic E-state index is 0.245. The average molecular weight is 278 g/mol. The molecule has 1 aromatic carbocycles. The first-order valence-corrected chi connectivity index (χ1v) is 7.39. The summed E-state index contributed by atoms with van der Waals surface area (Å²) in [5.74, 6) is -0.890. The van der Waals surface area contributed by atoms with E-state index in [4.69, 9.17) is 5.73 Å². The van der Waals surface area contributed by atoms with E-state index in [0.29, 0.717) is 5.56 Å². The van der Waals surface area contributed by atoms with Crippen LogP contribution in [0.1, 0.15) is 55.7 Å². The molecule has 1 amide bonds. The van der Waals surface area contributed by atoms with Crippen molar-refractivity contribution in [3.63, 3.8) is 0 Å². The molecule has 2 rings (SSSR count). The highest BCUT2D eigenvalue weighted by molar-refractivity contribution is 5.81. The standard InChI is InChI=1S/C16H23FN2O/c1-11-8-9-14(17)13(10-11)15(16(18)20)19-12-6-4-2-3-5-7-12/h8-10,12,15,19H,2-7H2,1H3,(H2,18,20). The van der Waals surface area contributed by atoms with Crippen molar-refractivity contribution in [2.75, 3.05) is 0 Å². The predicted molar refractivity (Wildman–Crippen MR) is 77.7 cm³/mol. The predicted octanol–water partition coefficient (Wildman–Crippen LogP) is 2.97. The minimum atomic E-state index is -0.738. The Kier molecular flexibility index (Phi) is 5.12. The summed E-state index contributed by atoms with van der Waals surface area (Å²) in [5.41, 5.74) is 6.76. The summed E-state index contributed by atoms with van der Waals surface area (Å²) in [6.07, 6.45) is 6.82. The van der Waals surface area contributed by atoms with Crippen LogP contribution >= 0.6 is 0 Å². The van der Waals surface area contributed by atoms with Crippen LogP contribution < -0.4 is 11.1 Å². The lowest BCUT2D eigenvalue weighted by molar-refractivity contribution is -0.120. The van der Waals surface area contributed by atoms with Gasteiger partial charge >= 0.3 is 0 Å². The zero-order valence-electron chi connectivity index (χ0n) is 12.0. The number of nitrogens with one attached hydrogen (secondary N) is 1. The van der Waals surface area contributed by atoms with Gasteiger partial charge in [-0.25, -0.2) is 4.39 Å². The van der Waals surface area contributed by atoms with E-state index in [-0.39, 0.29) is 11.9 Å². The highest BCUT2D eigenvalue weighted by Crippen LogP contribution is 2.23. The monoisotopic (exact) mass is 278 g/mol. The highest BCUT2D eigenvalue weighted by atomic mass is 19.1. The smallest absolute Gasteiger partial charge is 0.239 e. The Morgan fingerprint density at radius 3 is 2.55 bits per heavy atom. The summed E-state index contributed by atoms with van der Waals surface area (Å²) in [5, 5.41) is 3.27. The largest absolute Gasteiger partial charge is 0.368 e. The van der Waals surface area contributed by atoms with Crippen molar-refractivity contribution in [1.29, 1.82) is 0 Å². The molecule has 1 saturated carbocycles. The third-order valence-corrected chi connectivity index (χ3v) is 4.00. The van der Waals surface area contributed by atoms with E-state index in [1.807, 2.05) is 6.92 Å². The van der Waals surface area contributed by atoms with E-state index in [1.54, 1.807) is 12.1 Å². The number of nitrogens with two attached hydrogens (primary N) is 1. The average Bonchev–Trinajstić information content (AvgIpc) is 2.67. The minimum Gasteiger partial charge on any atom is -0.368 e. The lowest BCUT2D eigenvalue weighted by Gasteiger charge is -2.23. The van der Waals surface area contributed by atoms with Gasteiger partial charge in [-0.2, -0.15) is 0 Å². The van der Waals surface area contributed by atoms with Gasteiger partial charge in [-0.05, 0) is 25.8 Å². The van der Waals surface area contributed by atoms with Gasteiger partial charge in [0.2, 0.25) is 5.91 Å². The van der Waals surface area contributed by atoms with Gasteiger partial charge < -0.3 is 5.73 Å². The Morgan fingerprint density at radius 1 is 1.30 bits per heavy atom. The van der Waals surface area contributed by atoms with E-state index in [0.717, 1.165) is 31.2 Å². The molecule has 0 saturated heterocycles. The number of primary amides is 1. The lowest BCUT2D eigenvalue weighted by Crippen LogP contribution is -2.40. The molecule has 3 nitrogen and oxygen atoms in total. The molecule has 1 atom stereocenters. The first kappa shape index (κ1) is 15.0. The number of amides is 1. The van der Waals surface area contributed by atoms with Gasteiger partial charge in [0.25, 0.3) is 0 Å². The lowest BCUT2D eigenvalue weighted by atomic mass is 10.0. The van der Waals surface area contributed by atoms with Crippen LogP contribution in [0, 0.1) is 12.7 Å². The zero-order valence-corrected chi connectivity index (χ0v) is 12.0. The SMILES string of the molecule is Cc1ccc(F)c(C(NC2CCCCCC2)C(N)=O)c1. The van der Waals surface area contributed by atoms with E-state index in [9.17, 15) is 9.18 Å². The second-order valence-electron chi connectivity index (χ2n) is 5.72. The third-order valence-electron chi connectivity index (χ3n) is 4.00. The number of aryl methyl sites for hydroxylation is 1. The highest BCUT2D eigenvalue weighted by Gasteiger charge is 2.25. The topological polar surface area (TPSA) is 55.1 Å². The van der Waals surface area contributed by atoms with E-state index in [1.165, 1.54) is 18.9 Å². The van der Waals surface area contributed by atoms with Crippen LogP contribution in [-0.2, 0) is 4.79 Å². The van der Waals surface area contributed by atoms with Gasteiger partial charge in [0, 0.05) is 11.6 Å². The molecule has 0 bridgehead atoms. The maximum atomic E-state index is 14.0. The second-order valence-corrected chi connectivity index (χ2v) is 5.72. The number of carbonyl (C=O) groups is 1. The van der Waals surface area contributed by atoms with Crippen LogP contribution in [-0.4, -0.2) is 11.9 Å². The Bertz CT molecular complexity index is 468. The molecule has 0 aliphatic heterocycles. The Labute approximate surface area is 119 Å². The van der Waals surface area contributed by atoms with Crippen LogP contribution in [0.4, 0.5) is 4.39 Å². The summed E-state index contributed by atoms with van der Waals surface area (Å²) in [7, 11) is 0. The fourth-order valence-corrected chi connectivity index (χ4v) is 2.89. The molecular formula is C16H23FN2O. The molecule has 3 N–H and O–H groups in total. The number of halogens is 1. The first-order chi connectivity index (χ1) is 9.58. The van der Waals surface area contributed by atoms with Gasteiger partial charge in [-0.1, -0.05) is 43.4 Å². The fourth-order valence-electron chi connectivity index (χ4n) is 2.89. The molecule has 1 aromatic rings. The number of carbonyl (C=O) groups excluding carboxylic acids is 1. The van der Waals surface area contributed by atoms with Crippen LogP contribution in [0.25, 0.3) is 0 Å². The summed E-state index contributed by atoms with van der Waals surface area (Å²) in [4.78, 5) is 11.7. The van der Waals surface area contributed by atoms with Crippen LogP contribution in [0.2, 0.25) is 0 Å². The van der Waals surface area contributed by atoms with Gasteiger partial charge in [-0.3, -0.25) is 10.1 Å². The van der Waals surface area contributed by atoms with Crippen molar-refractivity contribution in [1.82, 2.24) is 5.32 Å². The molecule has 1 unspecified atom stereocenters. The van der Waals surface area contributed by atoms with Crippen molar-refractivity contribution in [3.8, 4) is 0 Å². The van der Waals surface area contributed by atoms with Crippen molar-refractivity contribution < 1.29 is 9.18 Å². The summed E-state index contributed by atoms with van der Waals surface area (Å²) in [6.45, 7) is 1.88. The number of hydrogen-bond acceptors (Lipinski definition) is 2. The van der Waals surface area contributed by atoms with E-state index < -0.39 is 11.9 Å². The molecule has 1 aliphatic rings. The van der Waals surface area contributed by atoms with Crippen LogP contribution in [0.3, 0.4) is 0 Å². The second kappa shape index (κ2) is 6.84. The molecule has 0 radical (unpaired) electrons. The Morgan fingerprint density at radius 2 is 1.95 bits per heavy atom. The number of hydrogen-bond donors (Lipinski definition) is 2. The molecule has 0 heterocycles. The van der Waals surface area contributed by atoms with Gasteiger partial charge in [0.15, 0.2) is 0 Å². The quantitative estimate of drug-likeness (QED) is 0.832. The normalized spacial score (nSPS) is 18.5. The molecular weight excluding hydrogens is 255 g/mol. The molecule has 1 fully saturated rings. The first-order valence-electron chi connectivity index (χ1n) is 7.39. The van der Waals surface area contributed by atoms with Crippen LogP contribution in [0.15, 0.2) is 18.2 Å². The number of rotatable bonds is 4. The molecule has 1 aliphatic carbocycles. The Hall–Kier alpha value is -1.42. The maximum Gasteiger partial charge on any atom is 0.239 e. The van der Waals surface area contributed by atoms with E-state index in [2.05, 4.69) is 5.32 Å². The number of benzene rings is 1. The van der Waals surface area contributed by atoms with E-state index >= 15 is 0 Å². The van der Waals surface area contributed by atoms with Crippen molar-refractivity contribution in [2.45, 2.75) is 57.5 Å². The fraction of sp³-hybridized carbons (Fsp3) is 0.562. The van der Waals surface area contributed by atoms with Gasteiger partial charge in [0.05, 0.1) is 0 Å². The summed E-state index contributed by atoms with van der Waals surface area (Å²) in [6, 6.07) is 4.31. The molecule has 0 spiro atoms. The van der Waals surface area contributed by atoms with Crippen molar-refractivity contribution >= 4 is 5.91 Å². The van der Waals surface area contributed by atoms with Gasteiger partial charge in [-0.15, -0.1) is 0 Å². The maximum absolute atomic E-state index is 14.0.